The zero-order valence-electron chi connectivity index (χ0n) is 25.3. The van der Waals surface area contributed by atoms with Gasteiger partial charge in [-0.2, -0.15) is 4.98 Å². The van der Waals surface area contributed by atoms with Crippen molar-refractivity contribution in [2.75, 3.05) is 56.5 Å². The number of aromatic nitrogens is 5. The summed E-state index contributed by atoms with van der Waals surface area (Å²) in [6.07, 6.45) is 8.06. The van der Waals surface area contributed by atoms with Gasteiger partial charge in [-0.3, -0.25) is 9.47 Å². The number of piperidine rings is 1. The minimum Gasteiger partial charge on any atom is -0.384 e. The largest absolute Gasteiger partial charge is 0.384 e. The molecule has 222 valence electrons. The summed E-state index contributed by atoms with van der Waals surface area (Å²) in [6, 6.07) is 12.7. The van der Waals surface area contributed by atoms with Crippen molar-refractivity contribution in [3.05, 3.63) is 60.2 Å². The Morgan fingerprint density at radius 2 is 1.74 bits per heavy atom. The molecule has 0 unspecified atom stereocenters. The topological polar surface area (TPSA) is 98.5 Å². The Hall–Kier alpha value is -3.60. The first-order chi connectivity index (χ1) is 20.3. The molecule has 0 aliphatic carbocycles. The van der Waals surface area contributed by atoms with E-state index in [1.165, 1.54) is 39.0 Å². The maximum Gasteiger partial charge on any atom is 0.230 e. The number of rotatable bonds is 8. The van der Waals surface area contributed by atoms with Crippen LogP contribution in [0.25, 0.3) is 16.9 Å². The fourth-order valence-electron chi connectivity index (χ4n) is 6.13. The number of nitrogens with zero attached hydrogens (tertiary/aromatic N) is 8. The lowest BCUT2D eigenvalue weighted by molar-refractivity contribution is 0.0738. The van der Waals surface area contributed by atoms with E-state index in [4.69, 9.17) is 15.0 Å². The van der Waals surface area contributed by atoms with Crippen LogP contribution in [0.4, 0.5) is 17.5 Å². The number of aryl methyl sites for hydroxylation is 1. The molecular formula is C32H43N9O. The van der Waals surface area contributed by atoms with Gasteiger partial charge < -0.3 is 20.2 Å². The van der Waals surface area contributed by atoms with Gasteiger partial charge in [0.1, 0.15) is 17.2 Å². The summed E-state index contributed by atoms with van der Waals surface area (Å²) in [4.78, 5) is 26.5. The van der Waals surface area contributed by atoms with Gasteiger partial charge in [-0.1, -0.05) is 19.4 Å². The number of piperazine rings is 1. The molecule has 4 aromatic rings. The normalized spacial score (nSPS) is 17.7. The number of hydrogen-bond donors (Lipinski definition) is 2. The average molecular weight is 570 g/mol. The Kier molecular flexibility index (Phi) is 8.11. The summed E-state index contributed by atoms with van der Waals surface area (Å²) in [5, 5.41) is 14.8. The van der Waals surface area contributed by atoms with Crippen molar-refractivity contribution in [3.63, 3.8) is 0 Å². The van der Waals surface area contributed by atoms with Gasteiger partial charge in [-0.15, -0.1) is 0 Å². The highest BCUT2D eigenvalue weighted by molar-refractivity contribution is 5.80. The molecule has 2 fully saturated rings. The first-order valence-corrected chi connectivity index (χ1v) is 15.3. The van der Waals surface area contributed by atoms with Crippen molar-refractivity contribution in [2.24, 2.45) is 0 Å². The number of pyridine rings is 2. The third-order valence-corrected chi connectivity index (χ3v) is 8.59. The quantitative estimate of drug-likeness (QED) is 0.321. The second kappa shape index (κ2) is 11.9. The first-order valence-electron chi connectivity index (χ1n) is 15.3. The molecule has 0 aromatic carbocycles. The van der Waals surface area contributed by atoms with Gasteiger partial charge in [-0.25, -0.2) is 15.0 Å². The van der Waals surface area contributed by atoms with E-state index < -0.39 is 5.60 Å². The molecule has 0 amide bonds. The van der Waals surface area contributed by atoms with Crippen molar-refractivity contribution >= 4 is 28.5 Å². The van der Waals surface area contributed by atoms with Crippen molar-refractivity contribution in [2.45, 2.75) is 58.1 Å². The summed E-state index contributed by atoms with van der Waals surface area (Å²) in [5.41, 5.74) is 2.62. The molecule has 2 aliphatic rings. The SMILES string of the molecule is CCCc1cc2cnc(Nc3ccc(N4CCC(N5CCN(C)CC5)CC4)cn3)nc2n1-c1cccc(C(C)(C)O)n1. The first kappa shape index (κ1) is 28.5. The highest BCUT2D eigenvalue weighted by Gasteiger charge is 2.27. The van der Waals surface area contributed by atoms with Crippen molar-refractivity contribution < 1.29 is 5.11 Å². The number of anilines is 3. The lowest BCUT2D eigenvalue weighted by Crippen LogP contribution is -2.52. The highest BCUT2D eigenvalue weighted by Crippen LogP contribution is 2.27. The third kappa shape index (κ3) is 6.11. The Labute approximate surface area is 248 Å². The molecule has 0 atom stereocenters. The summed E-state index contributed by atoms with van der Waals surface area (Å²) < 4.78 is 2.07. The Morgan fingerprint density at radius 1 is 0.952 bits per heavy atom. The van der Waals surface area contributed by atoms with E-state index in [1.807, 2.05) is 36.7 Å². The molecule has 10 heteroatoms. The minimum absolute atomic E-state index is 0.483. The van der Waals surface area contributed by atoms with Gasteiger partial charge >= 0.3 is 0 Å². The lowest BCUT2D eigenvalue weighted by atomic mass is 10.0. The molecule has 42 heavy (non-hydrogen) atoms. The van der Waals surface area contributed by atoms with Crippen molar-refractivity contribution in [1.29, 1.82) is 0 Å². The van der Waals surface area contributed by atoms with Gasteiger partial charge in [0.25, 0.3) is 0 Å². The number of likely N-dealkylation sites (N-methyl/N-ethyl adjacent to an activating group) is 1. The van der Waals surface area contributed by atoms with Crippen LogP contribution in [-0.2, 0) is 12.0 Å². The molecule has 10 nitrogen and oxygen atoms in total. The van der Waals surface area contributed by atoms with Gasteiger partial charge in [0.2, 0.25) is 5.95 Å². The average Bonchev–Trinajstić information content (AvgIpc) is 3.35. The van der Waals surface area contributed by atoms with Crippen molar-refractivity contribution in [3.8, 4) is 5.82 Å². The van der Waals surface area contributed by atoms with Crippen LogP contribution in [0.1, 0.15) is 51.4 Å². The molecule has 2 saturated heterocycles. The molecule has 0 spiro atoms. The predicted octanol–water partition coefficient (Wildman–Crippen LogP) is 4.35. The van der Waals surface area contributed by atoms with Gasteiger partial charge in [0.05, 0.1) is 17.6 Å². The fourth-order valence-corrected chi connectivity index (χ4v) is 6.13. The van der Waals surface area contributed by atoms with E-state index in [0.717, 1.165) is 54.2 Å². The van der Waals surface area contributed by atoms with Crippen LogP contribution in [-0.4, -0.2) is 91.8 Å². The van der Waals surface area contributed by atoms with Crippen LogP contribution in [0.5, 0.6) is 0 Å². The van der Waals surface area contributed by atoms with Gasteiger partial charge in [0.15, 0.2) is 5.65 Å². The lowest BCUT2D eigenvalue weighted by Gasteiger charge is -2.42. The van der Waals surface area contributed by atoms with E-state index in [9.17, 15) is 5.11 Å². The molecular weight excluding hydrogens is 526 g/mol. The third-order valence-electron chi connectivity index (χ3n) is 8.59. The van der Waals surface area contributed by atoms with Crippen LogP contribution < -0.4 is 10.2 Å². The van der Waals surface area contributed by atoms with E-state index in [-0.39, 0.29) is 0 Å². The van der Waals surface area contributed by atoms with Gasteiger partial charge in [-0.05, 0) is 70.5 Å². The summed E-state index contributed by atoms with van der Waals surface area (Å²) >= 11 is 0. The minimum atomic E-state index is -1.04. The van der Waals surface area contributed by atoms with E-state index >= 15 is 0 Å². The zero-order valence-corrected chi connectivity index (χ0v) is 25.3. The smallest absolute Gasteiger partial charge is 0.230 e. The van der Waals surface area contributed by atoms with Crippen LogP contribution in [0.15, 0.2) is 48.8 Å². The maximum atomic E-state index is 10.6. The van der Waals surface area contributed by atoms with E-state index in [2.05, 4.69) is 55.7 Å². The number of nitrogens with one attached hydrogen (secondary N) is 1. The van der Waals surface area contributed by atoms with Crippen molar-refractivity contribution in [1.82, 2.24) is 34.3 Å². The Morgan fingerprint density at radius 3 is 2.43 bits per heavy atom. The molecule has 6 heterocycles. The Balaban J connectivity index is 1.17. The van der Waals surface area contributed by atoms with E-state index in [0.29, 0.717) is 23.5 Å². The maximum absolute atomic E-state index is 10.6. The van der Waals surface area contributed by atoms with Crippen LogP contribution in [0.2, 0.25) is 0 Å². The molecule has 6 rings (SSSR count). The van der Waals surface area contributed by atoms with Crippen LogP contribution >= 0.6 is 0 Å². The zero-order chi connectivity index (χ0) is 29.3. The summed E-state index contributed by atoms with van der Waals surface area (Å²) in [5.74, 6) is 1.92. The highest BCUT2D eigenvalue weighted by atomic mass is 16.3. The number of fused-ring (bicyclic) bond motifs is 1. The van der Waals surface area contributed by atoms with Crippen LogP contribution in [0.3, 0.4) is 0 Å². The molecule has 2 aliphatic heterocycles. The summed E-state index contributed by atoms with van der Waals surface area (Å²) in [6.45, 7) is 12.5. The summed E-state index contributed by atoms with van der Waals surface area (Å²) in [7, 11) is 2.22. The number of aliphatic hydroxyl groups is 1. The number of hydrogen-bond acceptors (Lipinski definition) is 9. The van der Waals surface area contributed by atoms with Crippen LogP contribution in [0, 0.1) is 0 Å². The monoisotopic (exact) mass is 569 g/mol. The molecule has 4 aromatic heterocycles. The molecule has 0 radical (unpaired) electrons. The second-order valence-corrected chi connectivity index (χ2v) is 12.2. The van der Waals surface area contributed by atoms with E-state index in [1.54, 1.807) is 13.8 Å². The Bertz CT molecular complexity index is 1490. The molecule has 2 N–H and O–H groups in total. The molecule has 0 bridgehead atoms. The second-order valence-electron chi connectivity index (χ2n) is 12.2. The standard InChI is InChI=1S/C32H43N9O/c1-5-7-25-20-23-21-34-31(37-30(23)41(25)29-9-6-8-27(35-29)32(2,3)42)36-28-11-10-26(22-33-28)39-14-12-24(13-15-39)40-18-16-38(4)17-19-40/h6,8-11,20-22,24,42H,5,7,12-19H2,1-4H3,(H,33,34,36,37). The van der Waals surface area contributed by atoms with Gasteiger partial charge in [0, 0.05) is 62.6 Å². The fraction of sp³-hybridized carbons (Fsp3) is 0.500. The predicted molar refractivity (Wildman–Crippen MR) is 168 cm³/mol. The molecule has 0 saturated carbocycles.